The quantitative estimate of drug-likeness (QED) is 0.230. The van der Waals surface area contributed by atoms with E-state index in [1.165, 1.54) is 11.9 Å². The molecule has 0 saturated carbocycles. The molecular formula is C38H43N3O5. The third kappa shape index (κ3) is 7.50. The summed E-state index contributed by atoms with van der Waals surface area (Å²) in [6.07, 6.45) is 0.382. The van der Waals surface area contributed by atoms with Crippen LogP contribution < -0.4 is 15.0 Å². The highest BCUT2D eigenvalue weighted by Gasteiger charge is 2.35. The van der Waals surface area contributed by atoms with Crippen molar-refractivity contribution in [2.45, 2.75) is 78.3 Å². The maximum Gasteiger partial charge on any atom is 0.410 e. The largest absolute Gasteiger partial charge is 0.489 e. The molecule has 4 aromatic rings. The molecule has 0 unspecified atom stereocenters. The van der Waals surface area contributed by atoms with Crippen LogP contribution >= 0.6 is 0 Å². The Morgan fingerprint density at radius 1 is 1.00 bits per heavy atom. The molecule has 1 aliphatic heterocycles. The lowest BCUT2D eigenvalue weighted by atomic mass is 9.98. The first-order chi connectivity index (χ1) is 21.9. The van der Waals surface area contributed by atoms with Crippen LogP contribution in [0.1, 0.15) is 56.4 Å². The molecule has 8 heteroatoms. The van der Waals surface area contributed by atoms with Crippen LogP contribution in [-0.4, -0.2) is 47.5 Å². The summed E-state index contributed by atoms with van der Waals surface area (Å²) in [6, 6.07) is 26.5. The highest BCUT2D eigenvalue weighted by molar-refractivity contribution is 6.02. The molecule has 240 valence electrons. The number of carbonyl (C=O) groups is 3. The van der Waals surface area contributed by atoms with E-state index in [1.54, 1.807) is 32.6 Å². The van der Waals surface area contributed by atoms with Crippen molar-refractivity contribution in [3.63, 3.8) is 0 Å². The molecule has 0 aliphatic carbocycles. The van der Waals surface area contributed by atoms with Crippen LogP contribution in [0.15, 0.2) is 84.9 Å². The van der Waals surface area contributed by atoms with Crippen LogP contribution in [0.2, 0.25) is 0 Å². The van der Waals surface area contributed by atoms with E-state index in [9.17, 15) is 14.4 Å². The SMILES string of the molecule is Cc1ccc2ccccc2c1CN1C(=O)[C@@H](NC(=O)[C@H](C)N(C)C(=O)OC(C)(C)C)CCc2ccc(OCc3ccccc3)cc21. The zero-order chi connectivity index (χ0) is 33.0. The van der Waals surface area contributed by atoms with Gasteiger partial charge in [0, 0.05) is 13.1 Å². The highest BCUT2D eigenvalue weighted by Crippen LogP contribution is 2.34. The molecule has 0 spiro atoms. The molecule has 4 aromatic carbocycles. The zero-order valence-corrected chi connectivity index (χ0v) is 27.5. The molecule has 0 fully saturated rings. The van der Waals surface area contributed by atoms with Gasteiger partial charge in [-0.3, -0.25) is 14.5 Å². The number of fused-ring (bicyclic) bond motifs is 2. The average molecular weight is 622 g/mol. The Morgan fingerprint density at radius 2 is 1.72 bits per heavy atom. The van der Waals surface area contributed by atoms with Crippen molar-refractivity contribution in [3.8, 4) is 5.75 Å². The normalized spacial score (nSPS) is 15.5. The zero-order valence-electron chi connectivity index (χ0n) is 27.5. The van der Waals surface area contributed by atoms with E-state index in [0.29, 0.717) is 31.7 Å². The molecule has 2 atom stereocenters. The molecule has 5 rings (SSSR count). The molecule has 1 heterocycles. The second kappa shape index (κ2) is 13.6. The summed E-state index contributed by atoms with van der Waals surface area (Å²) in [7, 11) is 1.52. The Bertz CT molecular complexity index is 1730. The Hall–Kier alpha value is -4.85. The number of nitrogens with zero attached hydrogens (tertiary/aromatic N) is 2. The molecular weight excluding hydrogens is 578 g/mol. The molecule has 0 aromatic heterocycles. The standard InChI is InChI=1S/C38H43N3O5/c1-25-16-17-28-14-10-11-15-31(28)32(25)23-41-34-22-30(45-24-27-12-8-7-9-13-27)20-18-29(34)19-21-33(36(41)43)39-35(42)26(2)40(6)37(44)46-38(3,4)5/h7-18,20,22,26,33H,19,21,23-24H2,1-6H3,(H,39,42)/t26-,33-/m0/s1. The number of aryl methyl sites for hydroxylation is 2. The van der Waals surface area contributed by atoms with Gasteiger partial charge >= 0.3 is 6.09 Å². The molecule has 1 aliphatic rings. The van der Waals surface area contributed by atoms with Gasteiger partial charge in [-0.1, -0.05) is 72.8 Å². The first kappa shape index (κ1) is 32.5. The average Bonchev–Trinajstić information content (AvgIpc) is 3.16. The summed E-state index contributed by atoms with van der Waals surface area (Å²) in [5, 5.41) is 5.13. The van der Waals surface area contributed by atoms with Crippen molar-refractivity contribution in [1.29, 1.82) is 0 Å². The highest BCUT2D eigenvalue weighted by atomic mass is 16.6. The maximum atomic E-state index is 14.5. The van der Waals surface area contributed by atoms with Crippen LogP contribution in [-0.2, 0) is 33.9 Å². The van der Waals surface area contributed by atoms with Crippen LogP contribution in [0.5, 0.6) is 5.75 Å². The number of amides is 3. The van der Waals surface area contributed by atoms with Crippen molar-refractivity contribution >= 4 is 34.4 Å². The van der Waals surface area contributed by atoms with Gasteiger partial charge in [0.1, 0.15) is 30.0 Å². The maximum absolute atomic E-state index is 14.5. The number of carbonyl (C=O) groups excluding carboxylic acids is 3. The monoisotopic (exact) mass is 621 g/mol. The predicted molar refractivity (Wildman–Crippen MR) is 181 cm³/mol. The third-order valence-electron chi connectivity index (χ3n) is 8.41. The Balaban J connectivity index is 1.45. The Morgan fingerprint density at radius 3 is 2.46 bits per heavy atom. The minimum absolute atomic E-state index is 0.216. The molecule has 1 N–H and O–H groups in total. The first-order valence-corrected chi connectivity index (χ1v) is 15.8. The number of anilines is 1. The lowest BCUT2D eigenvalue weighted by molar-refractivity contribution is -0.130. The van der Waals surface area contributed by atoms with Crippen LogP contribution in [0.4, 0.5) is 10.5 Å². The van der Waals surface area contributed by atoms with Crippen molar-refractivity contribution in [3.05, 3.63) is 107 Å². The molecule has 8 nitrogen and oxygen atoms in total. The number of rotatable bonds is 8. The van der Waals surface area contributed by atoms with E-state index in [0.717, 1.165) is 38.7 Å². The number of ether oxygens (including phenoxy) is 2. The van der Waals surface area contributed by atoms with E-state index < -0.39 is 29.7 Å². The number of hydrogen-bond donors (Lipinski definition) is 1. The molecule has 3 amide bonds. The molecule has 46 heavy (non-hydrogen) atoms. The lowest BCUT2D eigenvalue weighted by Crippen LogP contribution is -2.54. The summed E-state index contributed by atoms with van der Waals surface area (Å²) in [6.45, 7) is 9.72. The van der Waals surface area contributed by atoms with Crippen LogP contribution in [0, 0.1) is 6.92 Å². The second-order valence-electron chi connectivity index (χ2n) is 12.9. The van der Waals surface area contributed by atoms with E-state index in [1.807, 2.05) is 60.7 Å². The predicted octanol–water partition coefficient (Wildman–Crippen LogP) is 6.95. The van der Waals surface area contributed by atoms with E-state index in [-0.39, 0.29) is 5.91 Å². The number of benzene rings is 4. The Labute approximate surface area is 271 Å². The second-order valence-corrected chi connectivity index (χ2v) is 12.9. The van der Waals surface area contributed by atoms with E-state index in [2.05, 4.69) is 36.5 Å². The van der Waals surface area contributed by atoms with Gasteiger partial charge in [-0.15, -0.1) is 0 Å². The van der Waals surface area contributed by atoms with Gasteiger partial charge in [0.25, 0.3) is 0 Å². The van der Waals surface area contributed by atoms with Gasteiger partial charge in [0.05, 0.1) is 12.2 Å². The van der Waals surface area contributed by atoms with Gasteiger partial charge in [0.2, 0.25) is 11.8 Å². The summed E-state index contributed by atoms with van der Waals surface area (Å²) >= 11 is 0. The van der Waals surface area contributed by atoms with Crippen molar-refractivity contribution in [2.75, 3.05) is 11.9 Å². The van der Waals surface area contributed by atoms with Gasteiger partial charge in [0.15, 0.2) is 0 Å². The van der Waals surface area contributed by atoms with Crippen molar-refractivity contribution < 1.29 is 23.9 Å². The Kier molecular flexibility index (Phi) is 9.65. The summed E-state index contributed by atoms with van der Waals surface area (Å²) in [4.78, 5) is 43.6. The lowest BCUT2D eigenvalue weighted by Gasteiger charge is -2.30. The van der Waals surface area contributed by atoms with Gasteiger partial charge in [-0.2, -0.15) is 0 Å². The number of nitrogens with one attached hydrogen (secondary N) is 1. The van der Waals surface area contributed by atoms with E-state index >= 15 is 0 Å². The summed E-state index contributed by atoms with van der Waals surface area (Å²) < 4.78 is 11.6. The minimum atomic E-state index is -0.847. The van der Waals surface area contributed by atoms with E-state index in [4.69, 9.17) is 9.47 Å². The fraction of sp³-hybridized carbons (Fsp3) is 0.342. The summed E-state index contributed by atoms with van der Waals surface area (Å²) in [5.41, 5.74) is 4.21. The third-order valence-corrected chi connectivity index (χ3v) is 8.41. The van der Waals surface area contributed by atoms with Crippen LogP contribution in [0.25, 0.3) is 10.8 Å². The smallest absolute Gasteiger partial charge is 0.410 e. The van der Waals surface area contributed by atoms with Gasteiger partial charge < -0.3 is 19.7 Å². The topological polar surface area (TPSA) is 88.2 Å². The van der Waals surface area contributed by atoms with Crippen molar-refractivity contribution in [1.82, 2.24) is 10.2 Å². The fourth-order valence-corrected chi connectivity index (χ4v) is 5.64. The van der Waals surface area contributed by atoms with Crippen molar-refractivity contribution in [2.24, 2.45) is 0 Å². The minimum Gasteiger partial charge on any atom is -0.489 e. The first-order valence-electron chi connectivity index (χ1n) is 15.8. The number of hydrogen-bond acceptors (Lipinski definition) is 5. The molecule has 0 radical (unpaired) electrons. The molecule has 0 saturated heterocycles. The fourth-order valence-electron chi connectivity index (χ4n) is 5.64. The van der Waals surface area contributed by atoms with Crippen LogP contribution in [0.3, 0.4) is 0 Å². The van der Waals surface area contributed by atoms with Gasteiger partial charge in [-0.25, -0.2) is 4.79 Å². The molecule has 0 bridgehead atoms. The summed E-state index contributed by atoms with van der Waals surface area (Å²) in [5.74, 6) is 0.0164. The number of likely N-dealkylation sites (N-methyl/N-ethyl adjacent to an activating group) is 1. The van der Waals surface area contributed by atoms with Gasteiger partial charge in [-0.05, 0) is 86.6 Å².